The highest BCUT2D eigenvalue weighted by atomic mass is 35.5. The molecule has 304 valence electrons. The maximum atomic E-state index is 13.6. The highest BCUT2D eigenvalue weighted by Gasteiger charge is 2.26. The minimum atomic E-state index is -1.15. The maximum absolute atomic E-state index is 13.6. The van der Waals surface area contributed by atoms with Crippen LogP contribution < -0.4 is 10.1 Å². The van der Waals surface area contributed by atoms with Crippen molar-refractivity contribution in [2.24, 2.45) is 0 Å². The van der Waals surface area contributed by atoms with E-state index in [2.05, 4.69) is 23.3 Å². The van der Waals surface area contributed by atoms with E-state index in [0.717, 1.165) is 67.3 Å². The van der Waals surface area contributed by atoms with Crippen LogP contribution in [0.15, 0.2) is 54.6 Å². The Labute approximate surface area is 338 Å². The van der Waals surface area contributed by atoms with Gasteiger partial charge in [-0.3, -0.25) is 9.48 Å². The lowest BCUT2D eigenvalue weighted by Gasteiger charge is -2.19. The number of aromatic nitrogens is 3. The predicted octanol–water partition coefficient (Wildman–Crippen LogP) is 8.44. The number of rotatable bonds is 19. The minimum Gasteiger partial charge on any atom is -0.494 e. The molecule has 2 heterocycles. The van der Waals surface area contributed by atoms with Gasteiger partial charge in [0.25, 0.3) is 5.91 Å². The lowest BCUT2D eigenvalue weighted by atomic mass is 9.98. The number of nitrogens with zero attached hydrogens (tertiary/aromatic N) is 2. The molecule has 3 aromatic carbocycles. The smallest absolute Gasteiger partial charge is 0.355 e. The Morgan fingerprint density at radius 3 is 2.25 bits per heavy atom. The number of carbonyl (C=O) groups is 3. The number of carbonyl (C=O) groups excluding carboxylic acids is 2. The van der Waals surface area contributed by atoms with Crippen LogP contribution in [0.1, 0.15) is 92.9 Å². The number of para-hydroxylation sites is 1. The van der Waals surface area contributed by atoms with Crippen LogP contribution in [0.2, 0.25) is 5.02 Å². The van der Waals surface area contributed by atoms with Gasteiger partial charge >= 0.3 is 11.9 Å². The zero-order chi connectivity index (χ0) is 41.3. The van der Waals surface area contributed by atoms with Crippen molar-refractivity contribution in [1.29, 1.82) is 0 Å². The van der Waals surface area contributed by atoms with Crippen LogP contribution in [-0.4, -0.2) is 82.9 Å². The molecule has 12 nitrogen and oxygen atoms in total. The highest BCUT2D eigenvalue weighted by Crippen LogP contribution is 2.36. The first-order valence-electron chi connectivity index (χ1n) is 19.2. The van der Waals surface area contributed by atoms with Crippen molar-refractivity contribution in [3.8, 4) is 16.9 Å². The Morgan fingerprint density at radius 1 is 0.877 bits per heavy atom. The number of ether oxygens (including phenoxy) is 4. The summed E-state index contributed by atoms with van der Waals surface area (Å²) in [6, 6.07) is 16.1. The molecule has 13 heteroatoms. The second-order valence-electron chi connectivity index (χ2n) is 15.0. The minimum absolute atomic E-state index is 0.0452. The van der Waals surface area contributed by atoms with Crippen LogP contribution in [0, 0.1) is 27.7 Å². The molecule has 0 radical (unpaired) electrons. The number of aromatic amines is 1. The molecule has 3 N–H and O–H groups in total. The van der Waals surface area contributed by atoms with E-state index in [-0.39, 0.29) is 24.3 Å². The van der Waals surface area contributed by atoms with E-state index in [1.54, 1.807) is 12.1 Å². The van der Waals surface area contributed by atoms with Gasteiger partial charge in [-0.15, -0.1) is 0 Å². The van der Waals surface area contributed by atoms with Crippen molar-refractivity contribution in [3.05, 3.63) is 105 Å². The van der Waals surface area contributed by atoms with Gasteiger partial charge in [-0.05, 0) is 109 Å². The summed E-state index contributed by atoms with van der Waals surface area (Å²) in [7, 11) is 0. The number of halogens is 1. The number of carboxylic acids is 1. The van der Waals surface area contributed by atoms with Gasteiger partial charge in [0.15, 0.2) is 0 Å². The zero-order valence-corrected chi connectivity index (χ0v) is 34.6. The van der Waals surface area contributed by atoms with Crippen molar-refractivity contribution in [2.75, 3.05) is 39.6 Å². The van der Waals surface area contributed by atoms with Crippen molar-refractivity contribution in [1.82, 2.24) is 20.1 Å². The van der Waals surface area contributed by atoms with Gasteiger partial charge in [-0.2, -0.15) is 5.10 Å². The standard InChI is InChI=1S/C44H53ClN4O8/c1-27-25-31(26-28(2)38(27)45)56-21-11-17-33-32-15-10-16-36(39(32)47-40(33)43(53)57-44(5,6)7)37-29(3)48-49(30(37)4)19-12-20-54-23-24-55-22-18-46-41(50)34-13-8-9-14-35(34)42(51)52/h8-10,13-16,25-26,47H,11-12,17-24H2,1-7H3,(H,46,50)(H,51,52). The van der Waals surface area contributed by atoms with Crippen LogP contribution in [0.3, 0.4) is 0 Å². The van der Waals surface area contributed by atoms with Crippen LogP contribution in [0.4, 0.5) is 0 Å². The van der Waals surface area contributed by atoms with E-state index in [4.69, 9.17) is 35.6 Å². The molecular formula is C44H53ClN4O8. The molecule has 57 heavy (non-hydrogen) atoms. The number of carboxylic acid groups (broad SMARTS) is 1. The number of benzene rings is 3. The van der Waals surface area contributed by atoms with Crippen LogP contribution in [-0.2, 0) is 27.2 Å². The largest absolute Gasteiger partial charge is 0.494 e. The quantitative estimate of drug-likeness (QED) is 0.0552. The number of fused-ring (bicyclic) bond motifs is 1. The van der Waals surface area contributed by atoms with Crippen LogP contribution in [0.25, 0.3) is 22.0 Å². The fourth-order valence-corrected chi connectivity index (χ4v) is 6.92. The van der Waals surface area contributed by atoms with Crippen LogP contribution >= 0.6 is 11.6 Å². The fourth-order valence-electron chi connectivity index (χ4n) is 6.82. The van der Waals surface area contributed by atoms with Gasteiger partial charge in [-0.25, -0.2) is 9.59 Å². The Balaban J connectivity index is 1.17. The Bertz CT molecular complexity index is 2190. The summed E-state index contributed by atoms with van der Waals surface area (Å²) >= 11 is 6.35. The number of hydrogen-bond donors (Lipinski definition) is 3. The maximum Gasteiger partial charge on any atom is 0.355 e. The average molecular weight is 801 g/mol. The zero-order valence-electron chi connectivity index (χ0n) is 33.8. The molecule has 0 spiro atoms. The van der Waals surface area contributed by atoms with E-state index in [1.807, 2.05) is 70.5 Å². The molecule has 0 fully saturated rings. The monoisotopic (exact) mass is 800 g/mol. The molecule has 2 aromatic heterocycles. The number of esters is 1. The Morgan fingerprint density at radius 2 is 1.56 bits per heavy atom. The number of nitrogens with one attached hydrogen (secondary N) is 2. The summed E-state index contributed by atoms with van der Waals surface area (Å²) in [6.07, 6.45) is 2.02. The third-order valence-electron chi connectivity index (χ3n) is 9.41. The third kappa shape index (κ3) is 11.0. The first kappa shape index (κ1) is 43.0. The van der Waals surface area contributed by atoms with Gasteiger partial charge < -0.3 is 34.4 Å². The SMILES string of the molecule is Cc1cc(OCCCc2c(C(=O)OC(C)(C)C)[nH]c3c(-c4c(C)nn(CCCOCCOCCNC(=O)c5ccccc5C(=O)O)c4C)cccc23)cc(C)c1Cl. The van der Waals surface area contributed by atoms with E-state index in [0.29, 0.717) is 51.5 Å². The fraction of sp³-hybridized carbons (Fsp3) is 0.409. The van der Waals surface area contributed by atoms with E-state index in [1.165, 1.54) is 12.1 Å². The topological polar surface area (TPSA) is 154 Å². The molecule has 0 unspecified atom stereocenters. The van der Waals surface area contributed by atoms with E-state index < -0.39 is 23.4 Å². The van der Waals surface area contributed by atoms with Crippen molar-refractivity contribution >= 4 is 40.3 Å². The van der Waals surface area contributed by atoms with Gasteiger partial charge in [0.1, 0.15) is 17.0 Å². The van der Waals surface area contributed by atoms with Gasteiger partial charge in [-0.1, -0.05) is 41.9 Å². The number of amides is 1. The van der Waals surface area contributed by atoms with Gasteiger partial charge in [0.2, 0.25) is 0 Å². The molecule has 0 saturated heterocycles. The van der Waals surface area contributed by atoms with Gasteiger partial charge in [0, 0.05) is 46.9 Å². The van der Waals surface area contributed by atoms with Crippen LogP contribution in [0.5, 0.6) is 5.75 Å². The normalized spacial score (nSPS) is 11.6. The second-order valence-corrected chi connectivity index (χ2v) is 15.4. The van der Waals surface area contributed by atoms with Gasteiger partial charge in [0.05, 0.1) is 48.8 Å². The van der Waals surface area contributed by atoms with Crippen molar-refractivity contribution in [2.45, 2.75) is 79.9 Å². The molecule has 0 aliphatic rings. The molecular weight excluding hydrogens is 748 g/mol. The predicted molar refractivity (Wildman–Crippen MR) is 221 cm³/mol. The average Bonchev–Trinajstić information content (AvgIpc) is 3.67. The first-order valence-corrected chi connectivity index (χ1v) is 19.6. The molecule has 5 rings (SSSR count). The number of hydrogen-bond acceptors (Lipinski definition) is 8. The third-order valence-corrected chi connectivity index (χ3v) is 10.0. The molecule has 0 aliphatic carbocycles. The molecule has 0 bridgehead atoms. The summed E-state index contributed by atoms with van der Waals surface area (Å²) in [4.78, 5) is 40.8. The van der Waals surface area contributed by atoms with Crippen molar-refractivity contribution in [3.63, 3.8) is 0 Å². The number of H-pyrrole nitrogens is 1. The molecule has 0 saturated carbocycles. The summed E-state index contributed by atoms with van der Waals surface area (Å²) < 4.78 is 25.3. The first-order chi connectivity index (χ1) is 27.2. The molecule has 0 aliphatic heterocycles. The Hall–Kier alpha value is -5.17. The number of aryl methyl sites for hydroxylation is 5. The highest BCUT2D eigenvalue weighted by molar-refractivity contribution is 6.32. The molecule has 0 atom stereocenters. The molecule has 1 amide bonds. The van der Waals surface area contributed by atoms with E-state index in [9.17, 15) is 19.5 Å². The Kier molecular flexibility index (Phi) is 14.6. The lowest BCUT2D eigenvalue weighted by molar-refractivity contribution is 0.00622. The van der Waals surface area contributed by atoms with Crippen molar-refractivity contribution < 1.29 is 38.4 Å². The van der Waals surface area contributed by atoms with E-state index >= 15 is 0 Å². The molecule has 5 aromatic rings. The summed E-state index contributed by atoms with van der Waals surface area (Å²) in [6.45, 7) is 16.4. The number of aromatic carboxylic acids is 1. The summed E-state index contributed by atoms with van der Waals surface area (Å²) in [5.41, 5.74) is 7.39. The second kappa shape index (κ2) is 19.3. The summed E-state index contributed by atoms with van der Waals surface area (Å²) in [5, 5.41) is 18.5. The lowest BCUT2D eigenvalue weighted by Crippen LogP contribution is -2.29. The summed E-state index contributed by atoms with van der Waals surface area (Å²) in [5.74, 6) is -1.24.